The van der Waals surface area contributed by atoms with Crippen LogP contribution in [0.3, 0.4) is 0 Å². The van der Waals surface area contributed by atoms with Crippen LogP contribution in [0.1, 0.15) is 25.7 Å². The summed E-state index contributed by atoms with van der Waals surface area (Å²) in [5.74, 6) is -0.288. The summed E-state index contributed by atoms with van der Waals surface area (Å²) in [6.45, 7) is 1.27. The van der Waals surface area contributed by atoms with E-state index in [-0.39, 0.29) is 5.41 Å². The summed E-state index contributed by atoms with van der Waals surface area (Å²) in [4.78, 5) is 22.8. The summed E-state index contributed by atoms with van der Waals surface area (Å²) in [5.41, 5.74) is 0.158. The van der Waals surface area contributed by atoms with Crippen molar-refractivity contribution in [3.63, 3.8) is 0 Å². The first-order valence-corrected chi connectivity index (χ1v) is 8.17. The molecule has 7 heteroatoms. The van der Waals surface area contributed by atoms with Crippen molar-refractivity contribution in [2.45, 2.75) is 31.7 Å². The van der Waals surface area contributed by atoms with Gasteiger partial charge in [-0.1, -0.05) is 0 Å². The van der Waals surface area contributed by atoms with E-state index < -0.39 is 18.0 Å². The Morgan fingerprint density at radius 2 is 2.15 bits per heavy atom. The van der Waals surface area contributed by atoms with Crippen molar-refractivity contribution in [3.05, 3.63) is 0 Å². The molecule has 1 atom stereocenters. The largest absolute Gasteiger partial charge is 0.480 e. The molecule has 116 valence electrons. The molecule has 1 fully saturated rings. The number of methoxy groups -OCH3 is 1. The molecule has 1 saturated carbocycles. The van der Waals surface area contributed by atoms with E-state index in [2.05, 4.69) is 10.6 Å². The van der Waals surface area contributed by atoms with Gasteiger partial charge in [0, 0.05) is 20.3 Å². The predicted molar refractivity (Wildman–Crippen MR) is 79.1 cm³/mol. The molecule has 0 aromatic rings. The molecular formula is C13H24N2O4S. The fourth-order valence-corrected chi connectivity index (χ4v) is 2.45. The summed E-state index contributed by atoms with van der Waals surface area (Å²) in [5, 5.41) is 14.3. The number of aliphatic carboxylic acids is 1. The lowest BCUT2D eigenvalue weighted by Crippen LogP contribution is -2.47. The molecule has 1 aliphatic carbocycles. The number of hydrogen-bond donors (Lipinski definition) is 3. The zero-order valence-electron chi connectivity index (χ0n) is 12.1. The average Bonchev–Trinajstić information content (AvgIpc) is 3.19. The van der Waals surface area contributed by atoms with Crippen molar-refractivity contribution in [1.82, 2.24) is 10.6 Å². The molecule has 1 aliphatic rings. The van der Waals surface area contributed by atoms with Gasteiger partial charge >= 0.3 is 12.0 Å². The van der Waals surface area contributed by atoms with Gasteiger partial charge in [-0.15, -0.1) is 0 Å². The zero-order valence-corrected chi connectivity index (χ0v) is 12.9. The lowest BCUT2D eigenvalue weighted by molar-refractivity contribution is -0.139. The fraction of sp³-hybridized carbons (Fsp3) is 0.846. The molecule has 6 nitrogen and oxygen atoms in total. The number of nitrogens with one attached hydrogen (secondary N) is 2. The first kappa shape index (κ1) is 17.1. The summed E-state index contributed by atoms with van der Waals surface area (Å²) in [6.07, 6.45) is 5.44. The highest BCUT2D eigenvalue weighted by Gasteiger charge is 2.42. The topological polar surface area (TPSA) is 87.7 Å². The van der Waals surface area contributed by atoms with Gasteiger partial charge in [0.15, 0.2) is 0 Å². The number of carbonyl (C=O) groups excluding carboxylic acids is 1. The van der Waals surface area contributed by atoms with Gasteiger partial charge in [-0.3, -0.25) is 0 Å². The Morgan fingerprint density at radius 3 is 2.65 bits per heavy atom. The Labute approximate surface area is 124 Å². The van der Waals surface area contributed by atoms with Crippen LogP contribution < -0.4 is 10.6 Å². The second kappa shape index (κ2) is 8.36. The third-order valence-electron chi connectivity index (χ3n) is 3.63. The van der Waals surface area contributed by atoms with Crippen LogP contribution in [0.15, 0.2) is 0 Å². The average molecular weight is 304 g/mol. The Bertz CT molecular complexity index is 334. The third-order valence-corrected chi connectivity index (χ3v) is 4.28. The van der Waals surface area contributed by atoms with Gasteiger partial charge in [0.05, 0.1) is 0 Å². The monoisotopic (exact) mass is 304 g/mol. The molecule has 0 radical (unpaired) electrons. The number of urea groups is 1. The number of carboxylic acids is 1. The van der Waals surface area contributed by atoms with E-state index in [9.17, 15) is 9.59 Å². The van der Waals surface area contributed by atoms with Crippen molar-refractivity contribution >= 4 is 23.8 Å². The lowest BCUT2D eigenvalue weighted by Gasteiger charge is -2.18. The van der Waals surface area contributed by atoms with E-state index in [0.717, 1.165) is 19.3 Å². The summed E-state index contributed by atoms with van der Waals surface area (Å²) in [6, 6.07) is -1.22. The number of carbonyl (C=O) groups is 2. The second-order valence-electron chi connectivity index (χ2n) is 5.24. The van der Waals surface area contributed by atoms with Crippen molar-refractivity contribution in [2.75, 3.05) is 32.3 Å². The molecule has 0 heterocycles. The molecule has 0 saturated heterocycles. The Kier molecular flexibility index (Phi) is 7.15. The molecule has 0 aromatic heterocycles. The van der Waals surface area contributed by atoms with Crippen molar-refractivity contribution < 1.29 is 19.4 Å². The molecule has 2 amide bonds. The molecule has 0 unspecified atom stereocenters. The van der Waals surface area contributed by atoms with Crippen LogP contribution >= 0.6 is 11.8 Å². The molecular weight excluding hydrogens is 280 g/mol. The normalized spacial score (nSPS) is 17.3. The van der Waals surface area contributed by atoms with E-state index in [0.29, 0.717) is 25.3 Å². The molecule has 0 aliphatic heterocycles. The number of amides is 2. The summed E-state index contributed by atoms with van der Waals surface area (Å²) < 4.78 is 5.06. The zero-order chi connectivity index (χ0) is 15.0. The van der Waals surface area contributed by atoms with Crippen LogP contribution in [0.2, 0.25) is 0 Å². The maximum atomic E-state index is 11.7. The maximum Gasteiger partial charge on any atom is 0.326 e. The van der Waals surface area contributed by atoms with Gasteiger partial charge in [-0.05, 0) is 43.1 Å². The third kappa shape index (κ3) is 6.00. The van der Waals surface area contributed by atoms with Crippen LogP contribution in [0, 0.1) is 5.41 Å². The first-order valence-electron chi connectivity index (χ1n) is 6.78. The minimum Gasteiger partial charge on any atom is -0.480 e. The van der Waals surface area contributed by atoms with E-state index in [4.69, 9.17) is 9.84 Å². The highest BCUT2D eigenvalue weighted by atomic mass is 32.2. The van der Waals surface area contributed by atoms with Crippen LogP contribution in [-0.2, 0) is 9.53 Å². The maximum absolute atomic E-state index is 11.7. The van der Waals surface area contributed by atoms with Gasteiger partial charge in [0.25, 0.3) is 0 Å². The number of carboxylic acid groups (broad SMARTS) is 1. The quantitative estimate of drug-likeness (QED) is 0.566. The van der Waals surface area contributed by atoms with Gasteiger partial charge in [0.2, 0.25) is 0 Å². The van der Waals surface area contributed by atoms with Crippen LogP contribution in [0.4, 0.5) is 4.79 Å². The van der Waals surface area contributed by atoms with Crippen LogP contribution in [0.25, 0.3) is 0 Å². The lowest BCUT2D eigenvalue weighted by atomic mass is 10.0. The van der Waals surface area contributed by atoms with Crippen LogP contribution in [-0.4, -0.2) is 55.4 Å². The molecule has 0 spiro atoms. The SMILES string of the molecule is COCCC1(CNC(=O)N[C@@H](CCSC)C(=O)O)CC1. The summed E-state index contributed by atoms with van der Waals surface area (Å²) in [7, 11) is 1.67. The van der Waals surface area contributed by atoms with Crippen molar-refractivity contribution in [2.24, 2.45) is 5.41 Å². The van der Waals surface area contributed by atoms with Gasteiger partial charge in [0.1, 0.15) is 6.04 Å². The first-order chi connectivity index (χ1) is 9.53. The minimum absolute atomic E-state index is 0.158. The van der Waals surface area contributed by atoms with Gasteiger partial charge in [-0.25, -0.2) is 9.59 Å². The second-order valence-corrected chi connectivity index (χ2v) is 6.23. The van der Waals surface area contributed by atoms with Crippen molar-refractivity contribution in [3.8, 4) is 0 Å². The minimum atomic E-state index is -0.991. The standard InChI is InChI=1S/C13H24N2O4S/c1-19-7-6-13(4-5-13)9-14-12(18)15-10(11(16)17)3-8-20-2/h10H,3-9H2,1-2H3,(H,16,17)(H2,14,15,18)/t10-/m0/s1. The fourth-order valence-electron chi connectivity index (χ4n) is 1.98. The molecule has 3 N–H and O–H groups in total. The van der Waals surface area contributed by atoms with E-state index in [1.807, 2.05) is 6.26 Å². The van der Waals surface area contributed by atoms with Gasteiger partial charge in [-0.2, -0.15) is 11.8 Å². The smallest absolute Gasteiger partial charge is 0.326 e. The number of ether oxygens (including phenoxy) is 1. The Hall–Kier alpha value is -0.950. The van der Waals surface area contributed by atoms with Crippen molar-refractivity contribution in [1.29, 1.82) is 0 Å². The van der Waals surface area contributed by atoms with Crippen LogP contribution in [0.5, 0.6) is 0 Å². The Morgan fingerprint density at radius 1 is 1.45 bits per heavy atom. The molecule has 0 bridgehead atoms. The van der Waals surface area contributed by atoms with E-state index in [1.165, 1.54) is 0 Å². The number of rotatable bonds is 10. The summed E-state index contributed by atoms with van der Waals surface area (Å²) >= 11 is 1.56. The molecule has 0 aromatic carbocycles. The highest BCUT2D eigenvalue weighted by molar-refractivity contribution is 7.98. The molecule has 20 heavy (non-hydrogen) atoms. The predicted octanol–water partition coefficient (Wildman–Crippen LogP) is 1.31. The van der Waals surface area contributed by atoms with Gasteiger partial charge < -0.3 is 20.5 Å². The number of thioether (sulfide) groups is 1. The number of hydrogen-bond acceptors (Lipinski definition) is 4. The van der Waals surface area contributed by atoms with E-state index >= 15 is 0 Å². The van der Waals surface area contributed by atoms with E-state index in [1.54, 1.807) is 18.9 Å². The molecule has 1 rings (SSSR count). The highest BCUT2D eigenvalue weighted by Crippen LogP contribution is 2.48. The Balaban J connectivity index is 2.29.